The molecule has 0 bridgehead atoms. The van der Waals surface area contributed by atoms with Crippen molar-refractivity contribution in [2.24, 2.45) is 0 Å². The van der Waals surface area contributed by atoms with Gasteiger partial charge in [0.15, 0.2) is 21.2 Å². The SMILES string of the molecule is CCCCCCCCCCCCCCCCCCc1cc(CCCCCCCCCCCCCCCCCC)c(I=O)c(C(=O)NC(=O)CCCCCCCCCCCCCCCCC)c1CCCCCCCCCCCCCCCCCC. The Labute approximate surface area is 537 Å². The number of hydrogen-bond acceptors (Lipinski definition) is 3. The van der Waals surface area contributed by atoms with Crippen molar-refractivity contribution in [3.05, 3.63) is 31.9 Å². The fourth-order valence-electron chi connectivity index (χ4n) is 13.3. The van der Waals surface area contributed by atoms with Gasteiger partial charge in [-0.2, -0.15) is 0 Å². The molecule has 0 radical (unpaired) electrons. The van der Waals surface area contributed by atoms with E-state index < -0.39 is 21.2 Å². The Morgan fingerprint density at radius 1 is 0.286 bits per heavy atom. The highest BCUT2D eigenvalue weighted by atomic mass is 127. The van der Waals surface area contributed by atoms with E-state index in [0.717, 1.165) is 72.5 Å². The first-order valence-corrected chi connectivity index (χ1v) is 40.8. The van der Waals surface area contributed by atoms with Crippen LogP contribution in [0.4, 0.5) is 0 Å². The van der Waals surface area contributed by atoms with E-state index in [1.807, 2.05) is 0 Å². The molecule has 1 rings (SSSR count). The van der Waals surface area contributed by atoms with Crippen LogP contribution in [-0.4, -0.2) is 11.8 Å². The molecule has 0 aliphatic carbocycles. The fourth-order valence-corrected chi connectivity index (χ4v) is 14.8. The second-order valence-electron chi connectivity index (χ2n) is 27.2. The van der Waals surface area contributed by atoms with Gasteiger partial charge in [-0.15, -0.1) is 0 Å². The Bertz CT molecular complexity index is 1560. The zero-order valence-electron chi connectivity index (χ0n) is 57.6. The smallest absolute Gasteiger partial charge is 0.259 e. The Hall–Kier alpha value is -1.11. The molecule has 1 aromatic rings. The molecule has 84 heavy (non-hydrogen) atoms. The van der Waals surface area contributed by atoms with E-state index in [9.17, 15) is 12.7 Å². The van der Waals surface area contributed by atoms with Gasteiger partial charge < -0.3 is 0 Å². The zero-order chi connectivity index (χ0) is 60.5. The molecule has 0 heterocycles. The van der Waals surface area contributed by atoms with Gasteiger partial charge in [-0.25, -0.2) is 0 Å². The summed E-state index contributed by atoms with van der Waals surface area (Å²) in [4.78, 5) is 28.3. The summed E-state index contributed by atoms with van der Waals surface area (Å²) in [5, 5.41) is 2.92. The van der Waals surface area contributed by atoms with Gasteiger partial charge in [0, 0.05) is 6.42 Å². The summed E-state index contributed by atoms with van der Waals surface area (Å²) in [5.74, 6) is -0.416. The van der Waals surface area contributed by atoms with Crippen molar-refractivity contribution in [2.45, 2.75) is 458 Å². The van der Waals surface area contributed by atoms with Crippen molar-refractivity contribution in [2.75, 3.05) is 0 Å². The van der Waals surface area contributed by atoms with Crippen LogP contribution in [0.2, 0.25) is 0 Å². The minimum absolute atomic E-state index is 0.152. The van der Waals surface area contributed by atoms with Crippen LogP contribution >= 0.6 is 21.2 Å². The lowest BCUT2D eigenvalue weighted by Gasteiger charge is -2.20. The maximum Gasteiger partial charge on any atom is 0.259 e. The van der Waals surface area contributed by atoms with Crippen LogP contribution in [0, 0.1) is 3.57 Å². The van der Waals surface area contributed by atoms with Gasteiger partial charge in [-0.1, -0.05) is 413 Å². The molecule has 2 amide bonds. The number of benzene rings is 1. The van der Waals surface area contributed by atoms with Crippen LogP contribution in [0.15, 0.2) is 6.07 Å². The highest BCUT2D eigenvalue weighted by Gasteiger charge is 2.25. The van der Waals surface area contributed by atoms with Crippen LogP contribution in [0.1, 0.15) is 466 Å². The maximum atomic E-state index is 14.7. The Morgan fingerprint density at radius 3 is 0.750 bits per heavy atom. The molecule has 0 spiro atoms. The predicted octanol–water partition coefficient (Wildman–Crippen LogP) is 28.1. The Morgan fingerprint density at radius 2 is 0.500 bits per heavy atom. The molecule has 0 saturated heterocycles. The van der Waals surface area contributed by atoms with Crippen molar-refractivity contribution in [1.82, 2.24) is 5.32 Å². The second-order valence-corrected chi connectivity index (χ2v) is 28.7. The second kappa shape index (κ2) is 66.3. The fraction of sp³-hybridized carbons (Fsp3) is 0.899. The van der Waals surface area contributed by atoms with Gasteiger partial charge in [0.05, 0.1) is 9.13 Å². The number of hydrogen-bond donors (Lipinski definition) is 1. The first-order chi connectivity index (χ1) is 41.5. The highest BCUT2D eigenvalue weighted by molar-refractivity contribution is 14.1. The summed E-state index contributed by atoms with van der Waals surface area (Å²) < 4.78 is 14.4. The number of aryl methyl sites for hydroxylation is 2. The molecular formula is C79H148INO3. The van der Waals surface area contributed by atoms with E-state index in [1.54, 1.807) is 0 Å². The predicted molar refractivity (Wildman–Crippen MR) is 382 cm³/mol. The Kier molecular flexibility index (Phi) is 63.9. The summed E-state index contributed by atoms with van der Waals surface area (Å²) in [6, 6.07) is 2.42. The molecule has 0 aliphatic rings. The van der Waals surface area contributed by atoms with Crippen molar-refractivity contribution in [3.8, 4) is 0 Å². The number of unbranched alkanes of at least 4 members (excludes halogenated alkanes) is 59. The lowest BCUT2D eigenvalue weighted by molar-refractivity contribution is -0.120. The molecule has 494 valence electrons. The van der Waals surface area contributed by atoms with Gasteiger partial charge in [-0.05, 0) is 61.6 Å². The van der Waals surface area contributed by atoms with Gasteiger partial charge >= 0.3 is 0 Å². The van der Waals surface area contributed by atoms with Crippen LogP contribution in [0.25, 0.3) is 0 Å². The van der Waals surface area contributed by atoms with Crippen molar-refractivity contribution in [1.29, 1.82) is 0 Å². The van der Waals surface area contributed by atoms with E-state index in [0.29, 0.717) is 12.0 Å². The molecule has 0 unspecified atom stereocenters. The molecule has 4 nitrogen and oxygen atoms in total. The zero-order valence-corrected chi connectivity index (χ0v) is 59.7. The molecule has 0 aromatic heterocycles. The van der Waals surface area contributed by atoms with Crippen molar-refractivity contribution >= 4 is 33.0 Å². The first-order valence-electron chi connectivity index (χ1n) is 38.8. The van der Waals surface area contributed by atoms with E-state index in [-0.39, 0.29) is 11.8 Å². The lowest BCUT2D eigenvalue weighted by Crippen LogP contribution is -2.32. The number of carbonyl (C=O) groups excluding carboxylic acids is 2. The third-order valence-corrected chi connectivity index (χ3v) is 20.7. The van der Waals surface area contributed by atoms with E-state index in [1.165, 1.54) is 372 Å². The topological polar surface area (TPSA) is 63.2 Å². The molecule has 5 heteroatoms. The van der Waals surface area contributed by atoms with Gasteiger partial charge in [-0.3, -0.25) is 18.0 Å². The third-order valence-electron chi connectivity index (χ3n) is 19.0. The minimum Gasteiger partial charge on any atom is -0.292 e. The number of imide groups is 1. The number of rotatable bonds is 69. The monoisotopic (exact) mass is 1290 g/mol. The molecule has 0 aliphatic heterocycles. The summed E-state index contributed by atoms with van der Waals surface area (Å²) in [5.41, 5.74) is 4.23. The van der Waals surface area contributed by atoms with Crippen molar-refractivity contribution < 1.29 is 12.7 Å². The maximum absolute atomic E-state index is 14.7. The van der Waals surface area contributed by atoms with Crippen LogP contribution < -0.4 is 5.32 Å². The molecule has 1 aromatic carbocycles. The number of carbonyl (C=O) groups is 2. The molecular weight excluding hydrogens is 1140 g/mol. The molecule has 0 atom stereocenters. The summed E-state index contributed by atoms with van der Waals surface area (Å²) in [7, 11) is 0. The van der Waals surface area contributed by atoms with Crippen LogP contribution in [0.5, 0.6) is 0 Å². The molecule has 0 saturated carbocycles. The van der Waals surface area contributed by atoms with Crippen LogP contribution in [-0.2, 0) is 27.1 Å². The molecule has 1 N–H and O–H groups in total. The standard InChI is InChI=1S/C79H148INO3/c1-5-9-13-17-21-25-29-33-37-41-44-48-52-56-60-64-68-73-72-74(69-65-61-57-53-49-45-42-38-34-30-26-22-18-14-10-6-2)78(80-84)77(75(73)70-66-62-58-54-50-46-43-39-35-31-27-23-19-15-11-7-3)79(83)81-76(82)71-67-63-59-55-51-47-40-36-32-28-24-20-16-12-8-4/h72H,5-71H2,1-4H3,(H,81,82,83). The van der Waals surface area contributed by atoms with Gasteiger partial charge in [0.2, 0.25) is 5.91 Å². The third kappa shape index (κ3) is 51.7. The number of nitrogens with one attached hydrogen (secondary N) is 1. The number of halogens is 1. The van der Waals surface area contributed by atoms with E-state index >= 15 is 0 Å². The lowest BCUT2D eigenvalue weighted by atomic mass is 9.88. The van der Waals surface area contributed by atoms with Crippen molar-refractivity contribution in [3.63, 3.8) is 0 Å². The normalized spacial score (nSPS) is 11.6. The first kappa shape index (κ1) is 80.9. The molecule has 0 fully saturated rings. The van der Waals surface area contributed by atoms with E-state index in [4.69, 9.17) is 0 Å². The Balaban J connectivity index is 2.97. The quantitative estimate of drug-likeness (QED) is 0.0522. The summed E-state index contributed by atoms with van der Waals surface area (Å²) in [6.45, 7) is 9.20. The van der Waals surface area contributed by atoms with Gasteiger partial charge in [0.1, 0.15) is 0 Å². The van der Waals surface area contributed by atoms with E-state index in [2.05, 4.69) is 39.1 Å². The average molecular weight is 1290 g/mol. The largest absolute Gasteiger partial charge is 0.292 e. The number of amides is 2. The van der Waals surface area contributed by atoms with Crippen LogP contribution in [0.3, 0.4) is 0 Å². The van der Waals surface area contributed by atoms with Gasteiger partial charge in [0.25, 0.3) is 5.91 Å². The average Bonchev–Trinajstić information content (AvgIpc) is 2.61. The minimum atomic E-state index is -1.60. The highest BCUT2D eigenvalue weighted by Crippen LogP contribution is 2.32. The summed E-state index contributed by atoms with van der Waals surface area (Å²) >= 11 is -1.60. The summed E-state index contributed by atoms with van der Waals surface area (Å²) in [6.07, 6.45) is 87.2.